The minimum atomic E-state index is -3.69. The average molecular weight is 490 g/mol. The molecule has 0 aliphatic heterocycles. The maximum atomic E-state index is 12.6. The first-order valence-electron chi connectivity index (χ1n) is 9.57. The van der Waals surface area contributed by atoms with Crippen molar-refractivity contribution in [1.82, 2.24) is 9.97 Å². The third kappa shape index (κ3) is 5.28. The lowest BCUT2D eigenvalue weighted by Crippen LogP contribution is -2.23. The summed E-state index contributed by atoms with van der Waals surface area (Å²) in [6.07, 6.45) is 0. The molecule has 1 heterocycles. The topological polar surface area (TPSA) is 87.2 Å². The van der Waals surface area contributed by atoms with Crippen molar-refractivity contribution in [2.24, 2.45) is 0 Å². The lowest BCUT2D eigenvalue weighted by Gasteiger charge is -2.20. The lowest BCUT2D eigenvalue weighted by atomic mass is 10.3. The summed E-state index contributed by atoms with van der Waals surface area (Å²) >= 11 is 3.28. The number of sulfonamides is 1. The van der Waals surface area contributed by atoms with Gasteiger partial charge in [-0.05, 0) is 73.1 Å². The van der Waals surface area contributed by atoms with Crippen LogP contribution in [0.15, 0.2) is 64.0 Å². The summed E-state index contributed by atoms with van der Waals surface area (Å²) in [5.41, 5.74) is 1.27. The molecule has 0 unspecified atom stereocenters. The van der Waals surface area contributed by atoms with Crippen molar-refractivity contribution in [1.29, 1.82) is 0 Å². The van der Waals surface area contributed by atoms with Crippen LogP contribution in [0.25, 0.3) is 0 Å². The third-order valence-corrected chi connectivity index (χ3v) is 6.84. The highest BCUT2D eigenvalue weighted by atomic mass is 79.9. The SMILES string of the molecule is CCN(CC)c1cc(Nc2ccc(NS(=O)(=O)c3ccccc3Br)cc2)nc(C)n1. The maximum absolute atomic E-state index is 12.6. The van der Waals surface area contributed by atoms with Crippen LogP contribution in [0.5, 0.6) is 0 Å². The smallest absolute Gasteiger partial charge is 0.263 e. The van der Waals surface area contributed by atoms with Gasteiger partial charge < -0.3 is 10.2 Å². The predicted octanol–water partition coefficient (Wildman–Crippen LogP) is 4.94. The lowest BCUT2D eigenvalue weighted by molar-refractivity contribution is 0.601. The zero-order valence-corrected chi connectivity index (χ0v) is 19.5. The number of rotatable bonds is 8. The zero-order valence-electron chi connectivity index (χ0n) is 17.1. The second-order valence-electron chi connectivity index (χ2n) is 6.57. The van der Waals surface area contributed by atoms with Gasteiger partial charge in [0.1, 0.15) is 22.4 Å². The monoisotopic (exact) mass is 489 g/mol. The van der Waals surface area contributed by atoms with E-state index in [-0.39, 0.29) is 4.90 Å². The molecular formula is C21H24BrN5O2S. The van der Waals surface area contributed by atoms with Crippen LogP contribution in [0.3, 0.4) is 0 Å². The Balaban J connectivity index is 1.76. The Morgan fingerprint density at radius 1 is 0.967 bits per heavy atom. The number of hydrogen-bond acceptors (Lipinski definition) is 6. The summed E-state index contributed by atoms with van der Waals surface area (Å²) in [6.45, 7) is 7.75. The molecule has 0 saturated heterocycles. The molecule has 3 aromatic rings. The Hall–Kier alpha value is -2.65. The Kier molecular flexibility index (Phi) is 6.94. The van der Waals surface area contributed by atoms with Gasteiger partial charge >= 0.3 is 0 Å². The van der Waals surface area contributed by atoms with Crippen molar-refractivity contribution in [2.75, 3.05) is 28.0 Å². The highest BCUT2D eigenvalue weighted by Gasteiger charge is 2.17. The molecule has 0 aliphatic rings. The Bertz CT molecular complexity index is 1120. The number of aryl methyl sites for hydroxylation is 1. The molecule has 30 heavy (non-hydrogen) atoms. The summed E-state index contributed by atoms with van der Waals surface area (Å²) in [5.74, 6) is 2.23. The number of nitrogens with one attached hydrogen (secondary N) is 2. The van der Waals surface area contributed by atoms with Gasteiger partial charge in [0.25, 0.3) is 10.0 Å². The maximum Gasteiger partial charge on any atom is 0.263 e. The van der Waals surface area contributed by atoms with Crippen molar-refractivity contribution >= 4 is 49.0 Å². The normalized spacial score (nSPS) is 11.2. The van der Waals surface area contributed by atoms with Crippen LogP contribution in [-0.4, -0.2) is 31.5 Å². The van der Waals surface area contributed by atoms with Crippen LogP contribution in [0, 0.1) is 6.92 Å². The van der Waals surface area contributed by atoms with E-state index in [1.54, 1.807) is 48.5 Å². The molecule has 0 saturated carbocycles. The minimum Gasteiger partial charge on any atom is -0.357 e. The van der Waals surface area contributed by atoms with E-state index in [4.69, 9.17) is 0 Å². The number of aromatic nitrogens is 2. The van der Waals surface area contributed by atoms with Gasteiger partial charge in [0, 0.05) is 35.0 Å². The number of nitrogens with zero attached hydrogens (tertiary/aromatic N) is 3. The molecule has 3 rings (SSSR count). The van der Waals surface area contributed by atoms with Gasteiger partial charge in [-0.1, -0.05) is 12.1 Å². The first-order valence-corrected chi connectivity index (χ1v) is 11.8. The highest BCUT2D eigenvalue weighted by molar-refractivity contribution is 9.10. The molecule has 0 spiro atoms. The van der Waals surface area contributed by atoms with E-state index in [0.29, 0.717) is 21.8 Å². The Morgan fingerprint density at radius 2 is 1.60 bits per heavy atom. The molecule has 1 aromatic heterocycles. The number of benzene rings is 2. The molecule has 0 atom stereocenters. The van der Waals surface area contributed by atoms with Gasteiger partial charge in [-0.15, -0.1) is 0 Å². The summed E-state index contributed by atoms with van der Waals surface area (Å²) in [7, 11) is -3.69. The summed E-state index contributed by atoms with van der Waals surface area (Å²) in [6, 6.07) is 15.6. The molecule has 0 bridgehead atoms. The summed E-state index contributed by atoms with van der Waals surface area (Å²) in [5, 5.41) is 3.26. The molecule has 0 amide bonds. The number of anilines is 4. The van der Waals surface area contributed by atoms with E-state index < -0.39 is 10.0 Å². The molecule has 0 fully saturated rings. The molecule has 2 N–H and O–H groups in total. The minimum absolute atomic E-state index is 0.188. The highest BCUT2D eigenvalue weighted by Crippen LogP contribution is 2.25. The van der Waals surface area contributed by atoms with Gasteiger partial charge in [0.15, 0.2) is 0 Å². The number of hydrogen-bond donors (Lipinski definition) is 2. The summed E-state index contributed by atoms with van der Waals surface area (Å²) in [4.78, 5) is 11.3. The molecule has 158 valence electrons. The quantitative estimate of drug-likeness (QED) is 0.465. The first-order chi connectivity index (χ1) is 14.3. The molecule has 7 nitrogen and oxygen atoms in total. The Morgan fingerprint density at radius 3 is 2.23 bits per heavy atom. The second-order valence-corrected chi connectivity index (χ2v) is 9.07. The van der Waals surface area contributed by atoms with Crippen LogP contribution in [0.4, 0.5) is 23.0 Å². The molecule has 0 radical (unpaired) electrons. The van der Waals surface area contributed by atoms with Gasteiger partial charge in [-0.2, -0.15) is 0 Å². The van der Waals surface area contributed by atoms with Crippen molar-refractivity contribution < 1.29 is 8.42 Å². The van der Waals surface area contributed by atoms with Crippen LogP contribution in [0.2, 0.25) is 0 Å². The van der Waals surface area contributed by atoms with Crippen molar-refractivity contribution in [3.8, 4) is 0 Å². The Labute approximate surface area is 185 Å². The van der Waals surface area contributed by atoms with Crippen LogP contribution >= 0.6 is 15.9 Å². The van der Waals surface area contributed by atoms with E-state index in [9.17, 15) is 8.42 Å². The van der Waals surface area contributed by atoms with E-state index in [0.717, 1.165) is 24.6 Å². The van der Waals surface area contributed by atoms with Gasteiger partial charge in [0.05, 0.1) is 0 Å². The average Bonchev–Trinajstić information content (AvgIpc) is 2.70. The largest absolute Gasteiger partial charge is 0.357 e. The molecular weight excluding hydrogens is 466 g/mol. The summed E-state index contributed by atoms with van der Waals surface area (Å²) < 4.78 is 28.3. The molecule has 0 aliphatic carbocycles. The predicted molar refractivity (Wildman–Crippen MR) is 125 cm³/mol. The van der Waals surface area contributed by atoms with Crippen LogP contribution < -0.4 is 14.9 Å². The fourth-order valence-corrected chi connectivity index (χ4v) is 5.03. The van der Waals surface area contributed by atoms with E-state index in [1.807, 2.05) is 13.0 Å². The van der Waals surface area contributed by atoms with Gasteiger partial charge in [-0.3, -0.25) is 4.72 Å². The van der Waals surface area contributed by atoms with E-state index >= 15 is 0 Å². The van der Waals surface area contributed by atoms with Crippen LogP contribution in [0.1, 0.15) is 19.7 Å². The fraction of sp³-hybridized carbons (Fsp3) is 0.238. The molecule has 9 heteroatoms. The van der Waals surface area contributed by atoms with Crippen LogP contribution in [-0.2, 0) is 10.0 Å². The second kappa shape index (κ2) is 9.44. The van der Waals surface area contributed by atoms with Crippen molar-refractivity contribution in [2.45, 2.75) is 25.7 Å². The van der Waals surface area contributed by atoms with Crippen molar-refractivity contribution in [3.63, 3.8) is 0 Å². The molecule has 2 aromatic carbocycles. The number of halogens is 1. The third-order valence-electron chi connectivity index (χ3n) is 4.45. The van der Waals surface area contributed by atoms with Gasteiger partial charge in [0.2, 0.25) is 0 Å². The van der Waals surface area contributed by atoms with Crippen molar-refractivity contribution in [3.05, 3.63) is 64.9 Å². The fourth-order valence-electron chi connectivity index (χ4n) is 2.97. The van der Waals surface area contributed by atoms with E-state index in [2.05, 4.69) is 54.7 Å². The first kappa shape index (κ1) is 22.0. The van der Waals surface area contributed by atoms with Gasteiger partial charge in [-0.25, -0.2) is 18.4 Å². The standard InChI is InChI=1S/C21H24BrN5O2S/c1-4-27(5-2)21-14-20(23-15(3)24-21)25-16-10-12-17(13-11-16)26-30(28,29)19-9-7-6-8-18(19)22/h6-14,26H,4-5H2,1-3H3,(H,23,24,25). The zero-order chi connectivity index (χ0) is 21.7. The van der Waals surface area contributed by atoms with E-state index in [1.165, 1.54) is 0 Å².